The van der Waals surface area contributed by atoms with Crippen LogP contribution in [0.15, 0.2) is 23.1 Å². The first-order valence-electron chi connectivity index (χ1n) is 6.90. The molecule has 0 aliphatic heterocycles. The van der Waals surface area contributed by atoms with Gasteiger partial charge in [-0.15, -0.1) is 12.4 Å². The van der Waals surface area contributed by atoms with Gasteiger partial charge in [-0.1, -0.05) is 12.5 Å². The van der Waals surface area contributed by atoms with Crippen molar-refractivity contribution < 1.29 is 12.8 Å². The van der Waals surface area contributed by atoms with Crippen molar-refractivity contribution in [1.29, 1.82) is 0 Å². The zero-order valence-corrected chi connectivity index (χ0v) is 13.6. The van der Waals surface area contributed by atoms with Crippen LogP contribution < -0.4 is 10.5 Å². The van der Waals surface area contributed by atoms with Gasteiger partial charge in [0.05, 0.1) is 4.90 Å². The molecule has 0 aromatic heterocycles. The van der Waals surface area contributed by atoms with E-state index in [0.717, 1.165) is 31.7 Å². The van der Waals surface area contributed by atoms with Gasteiger partial charge in [-0.05, 0) is 49.8 Å². The normalized spacial score (nSPS) is 22.6. The summed E-state index contributed by atoms with van der Waals surface area (Å²) < 4.78 is 40.2. The van der Waals surface area contributed by atoms with Crippen molar-refractivity contribution in [1.82, 2.24) is 4.72 Å². The van der Waals surface area contributed by atoms with Gasteiger partial charge in [0, 0.05) is 12.6 Å². The number of nitrogens with one attached hydrogen (secondary N) is 1. The Morgan fingerprint density at radius 2 is 2.10 bits per heavy atom. The standard InChI is InChI=1S/C14H21FN2O2S.ClH/c1-10-5-6-12(15)8-14(10)20(18,19)17-9-11-3-2-4-13(16)7-11;/h5-6,8,11,13,17H,2-4,7,9,16H2,1H3;1H. The fourth-order valence-electron chi connectivity index (χ4n) is 2.69. The number of halogens is 2. The molecule has 7 heteroatoms. The first-order valence-corrected chi connectivity index (χ1v) is 8.38. The Balaban J connectivity index is 0.00000220. The van der Waals surface area contributed by atoms with Gasteiger partial charge >= 0.3 is 0 Å². The number of rotatable bonds is 4. The Bertz CT molecular complexity index is 580. The van der Waals surface area contributed by atoms with Crippen LogP contribution in [0.3, 0.4) is 0 Å². The minimum absolute atomic E-state index is 0. The van der Waals surface area contributed by atoms with Crippen molar-refractivity contribution in [3.05, 3.63) is 29.6 Å². The van der Waals surface area contributed by atoms with Crippen LogP contribution in [-0.4, -0.2) is 21.0 Å². The molecule has 1 fully saturated rings. The molecule has 3 N–H and O–H groups in total. The predicted octanol–water partition coefficient (Wildman–Crippen LogP) is 2.35. The third kappa shape index (κ3) is 4.92. The van der Waals surface area contributed by atoms with Gasteiger partial charge in [-0.3, -0.25) is 0 Å². The smallest absolute Gasteiger partial charge is 0.240 e. The molecule has 1 saturated carbocycles. The Kier molecular flexibility index (Phi) is 6.59. The summed E-state index contributed by atoms with van der Waals surface area (Å²) in [5.41, 5.74) is 6.43. The molecule has 4 nitrogen and oxygen atoms in total. The highest BCUT2D eigenvalue weighted by atomic mass is 35.5. The van der Waals surface area contributed by atoms with Crippen LogP contribution in [0.25, 0.3) is 0 Å². The maximum atomic E-state index is 13.2. The topological polar surface area (TPSA) is 72.2 Å². The predicted molar refractivity (Wildman–Crippen MR) is 83.5 cm³/mol. The van der Waals surface area contributed by atoms with E-state index in [-0.39, 0.29) is 29.3 Å². The Hall–Kier alpha value is -0.690. The molecule has 0 amide bonds. The van der Waals surface area contributed by atoms with E-state index in [1.807, 2.05) is 0 Å². The molecule has 1 aromatic rings. The van der Waals surface area contributed by atoms with Gasteiger partial charge < -0.3 is 5.73 Å². The molecule has 2 atom stereocenters. The second-order valence-corrected chi connectivity index (χ2v) is 7.29. The van der Waals surface area contributed by atoms with Crippen LogP contribution in [0.1, 0.15) is 31.2 Å². The lowest BCUT2D eigenvalue weighted by Crippen LogP contribution is -2.35. The van der Waals surface area contributed by atoms with E-state index in [1.54, 1.807) is 6.92 Å². The van der Waals surface area contributed by atoms with Gasteiger partial charge in [0.25, 0.3) is 0 Å². The van der Waals surface area contributed by atoms with Crippen molar-refractivity contribution in [2.24, 2.45) is 11.7 Å². The monoisotopic (exact) mass is 336 g/mol. The summed E-state index contributed by atoms with van der Waals surface area (Å²) in [4.78, 5) is 0.0117. The van der Waals surface area contributed by atoms with Gasteiger partial charge in [0.1, 0.15) is 5.82 Å². The van der Waals surface area contributed by atoms with Crippen LogP contribution >= 0.6 is 12.4 Å². The summed E-state index contributed by atoms with van der Waals surface area (Å²) in [7, 11) is -3.66. The molecule has 1 aromatic carbocycles. The van der Waals surface area contributed by atoms with Gasteiger partial charge in [0.15, 0.2) is 0 Å². The largest absolute Gasteiger partial charge is 0.328 e. The Morgan fingerprint density at radius 3 is 2.76 bits per heavy atom. The third-order valence-corrected chi connectivity index (χ3v) is 5.39. The van der Waals surface area contributed by atoms with Crippen molar-refractivity contribution in [2.75, 3.05) is 6.54 Å². The molecule has 21 heavy (non-hydrogen) atoms. The average molecular weight is 337 g/mol. The highest BCUT2D eigenvalue weighted by Crippen LogP contribution is 2.23. The van der Waals surface area contributed by atoms with E-state index < -0.39 is 15.8 Å². The van der Waals surface area contributed by atoms with Crippen molar-refractivity contribution in [3.63, 3.8) is 0 Å². The number of aryl methyl sites for hydroxylation is 1. The van der Waals surface area contributed by atoms with E-state index >= 15 is 0 Å². The molecular weight excluding hydrogens is 315 g/mol. The number of hydrogen-bond donors (Lipinski definition) is 2. The fraction of sp³-hybridized carbons (Fsp3) is 0.571. The summed E-state index contributed by atoms with van der Waals surface area (Å²) in [5, 5.41) is 0. The number of nitrogens with two attached hydrogens (primary N) is 1. The summed E-state index contributed by atoms with van der Waals surface area (Å²) in [5.74, 6) is -0.280. The minimum Gasteiger partial charge on any atom is -0.328 e. The Labute approximate surface area is 131 Å². The van der Waals surface area contributed by atoms with E-state index in [9.17, 15) is 12.8 Å². The number of benzene rings is 1. The molecule has 0 saturated heterocycles. The average Bonchev–Trinajstić information content (AvgIpc) is 2.39. The Morgan fingerprint density at radius 1 is 1.38 bits per heavy atom. The second-order valence-electron chi connectivity index (χ2n) is 5.55. The molecule has 1 aliphatic carbocycles. The lowest BCUT2D eigenvalue weighted by atomic mass is 9.86. The van der Waals surface area contributed by atoms with Gasteiger partial charge in [-0.25, -0.2) is 17.5 Å². The van der Waals surface area contributed by atoms with E-state index in [2.05, 4.69) is 4.72 Å². The van der Waals surface area contributed by atoms with E-state index in [4.69, 9.17) is 5.73 Å². The van der Waals surface area contributed by atoms with E-state index in [1.165, 1.54) is 12.1 Å². The SMILES string of the molecule is Cc1ccc(F)cc1S(=O)(=O)NCC1CCCC(N)C1.Cl. The first kappa shape index (κ1) is 18.4. The van der Waals surface area contributed by atoms with Gasteiger partial charge in [-0.2, -0.15) is 0 Å². The highest BCUT2D eigenvalue weighted by molar-refractivity contribution is 7.89. The lowest BCUT2D eigenvalue weighted by molar-refractivity contribution is 0.322. The highest BCUT2D eigenvalue weighted by Gasteiger charge is 2.23. The van der Waals surface area contributed by atoms with Crippen molar-refractivity contribution in [2.45, 2.75) is 43.5 Å². The van der Waals surface area contributed by atoms with Crippen molar-refractivity contribution in [3.8, 4) is 0 Å². The second kappa shape index (κ2) is 7.54. The lowest BCUT2D eigenvalue weighted by Gasteiger charge is -2.26. The fourth-order valence-corrected chi connectivity index (χ4v) is 4.06. The van der Waals surface area contributed by atoms with Crippen LogP contribution in [-0.2, 0) is 10.0 Å². The zero-order chi connectivity index (χ0) is 14.8. The number of sulfonamides is 1. The van der Waals surface area contributed by atoms with E-state index in [0.29, 0.717) is 12.1 Å². The molecule has 0 heterocycles. The molecule has 2 unspecified atom stereocenters. The van der Waals surface area contributed by atoms with Crippen LogP contribution in [0.5, 0.6) is 0 Å². The summed E-state index contributed by atoms with van der Waals surface area (Å²) in [6.45, 7) is 2.02. The van der Waals surface area contributed by atoms with Crippen molar-refractivity contribution >= 4 is 22.4 Å². The summed E-state index contributed by atoms with van der Waals surface area (Å²) in [6, 6.07) is 3.95. The van der Waals surface area contributed by atoms with Crippen LogP contribution in [0, 0.1) is 18.7 Å². The summed E-state index contributed by atoms with van der Waals surface area (Å²) in [6.07, 6.45) is 3.86. The minimum atomic E-state index is -3.66. The quantitative estimate of drug-likeness (QED) is 0.886. The molecule has 0 bridgehead atoms. The molecule has 0 spiro atoms. The van der Waals surface area contributed by atoms with Crippen LogP contribution in [0.4, 0.5) is 4.39 Å². The molecule has 0 radical (unpaired) electrons. The summed E-state index contributed by atoms with van der Waals surface area (Å²) >= 11 is 0. The van der Waals surface area contributed by atoms with Crippen LogP contribution in [0.2, 0.25) is 0 Å². The third-order valence-electron chi connectivity index (χ3n) is 3.83. The molecule has 120 valence electrons. The van der Waals surface area contributed by atoms with Gasteiger partial charge in [0.2, 0.25) is 10.0 Å². The molecule has 1 aliphatic rings. The molecule has 2 rings (SSSR count). The zero-order valence-electron chi connectivity index (χ0n) is 12.0. The maximum Gasteiger partial charge on any atom is 0.240 e. The maximum absolute atomic E-state index is 13.2. The molecular formula is C14H22ClFN2O2S. The number of hydrogen-bond acceptors (Lipinski definition) is 3. The first-order chi connectivity index (χ1) is 9.38.